The number of aromatic hydroxyl groups is 1. The lowest BCUT2D eigenvalue weighted by Gasteiger charge is -2.17. The van der Waals surface area contributed by atoms with Crippen molar-refractivity contribution >= 4 is 11.0 Å². The first-order valence-corrected chi connectivity index (χ1v) is 5.83. The Kier molecular flexibility index (Phi) is 3.08. The van der Waals surface area contributed by atoms with Crippen LogP contribution in [0.2, 0.25) is 0 Å². The number of phenolic OH excluding ortho intramolecular Hbond substituents is 1. The molecule has 0 spiro atoms. The van der Waals surface area contributed by atoms with Gasteiger partial charge in [0.1, 0.15) is 0 Å². The summed E-state index contributed by atoms with van der Waals surface area (Å²) in [5.74, 6) is -3.48. The highest BCUT2D eigenvalue weighted by Crippen LogP contribution is 2.29. The number of rotatable bonds is 1. The molecule has 5 heteroatoms. The maximum Gasteiger partial charge on any atom is 0.339 e. The Bertz CT molecular complexity index is 696. The van der Waals surface area contributed by atoms with Crippen molar-refractivity contribution in [2.75, 3.05) is 0 Å². The van der Waals surface area contributed by atoms with Gasteiger partial charge in [-0.2, -0.15) is 4.39 Å². The second kappa shape index (κ2) is 4.33. The van der Waals surface area contributed by atoms with E-state index in [1.807, 2.05) is 20.8 Å². The fraction of sp³-hybridized carbons (Fsp3) is 0.357. The molecule has 0 amide bonds. The van der Waals surface area contributed by atoms with Gasteiger partial charge in [0.05, 0.1) is 0 Å². The Morgan fingerprint density at radius 3 is 2.47 bits per heavy atom. The van der Waals surface area contributed by atoms with Crippen molar-refractivity contribution in [3.05, 3.63) is 39.8 Å². The summed E-state index contributed by atoms with van der Waals surface area (Å²) in [6, 6.07) is 2.35. The number of halogens is 2. The molecule has 1 heterocycles. The van der Waals surface area contributed by atoms with Crippen molar-refractivity contribution in [3.63, 3.8) is 0 Å². The minimum atomic E-state index is -1.26. The first-order valence-electron chi connectivity index (χ1n) is 5.83. The Hall–Kier alpha value is -1.91. The van der Waals surface area contributed by atoms with Gasteiger partial charge in [0.25, 0.3) is 0 Å². The maximum atomic E-state index is 13.6. The molecule has 0 saturated carbocycles. The van der Waals surface area contributed by atoms with Crippen LogP contribution in [-0.4, -0.2) is 5.11 Å². The Morgan fingerprint density at radius 1 is 1.26 bits per heavy atom. The zero-order valence-electron chi connectivity index (χ0n) is 10.9. The first kappa shape index (κ1) is 13.5. The molecule has 2 rings (SSSR count). The topological polar surface area (TPSA) is 50.4 Å². The van der Waals surface area contributed by atoms with E-state index in [0.717, 1.165) is 6.07 Å². The average molecular weight is 268 g/mol. The molecule has 0 aliphatic heterocycles. The fourth-order valence-electron chi connectivity index (χ4n) is 1.92. The van der Waals surface area contributed by atoms with Crippen LogP contribution in [0.15, 0.2) is 21.3 Å². The monoisotopic (exact) mass is 268 g/mol. The van der Waals surface area contributed by atoms with E-state index in [1.165, 1.54) is 6.07 Å². The van der Waals surface area contributed by atoms with E-state index in [1.54, 1.807) is 0 Å². The maximum absolute atomic E-state index is 13.6. The molecule has 0 aliphatic rings. The van der Waals surface area contributed by atoms with Crippen molar-refractivity contribution in [3.8, 4) is 5.75 Å². The molecule has 0 saturated heterocycles. The molecule has 0 fully saturated rings. The number of hydrogen-bond acceptors (Lipinski definition) is 3. The molecule has 0 bridgehead atoms. The van der Waals surface area contributed by atoms with Gasteiger partial charge in [0.2, 0.25) is 5.82 Å². The third-order valence-electron chi connectivity index (χ3n) is 2.69. The van der Waals surface area contributed by atoms with Crippen molar-refractivity contribution in [1.29, 1.82) is 0 Å². The average Bonchev–Trinajstić information content (AvgIpc) is 2.27. The quantitative estimate of drug-likeness (QED) is 0.807. The van der Waals surface area contributed by atoms with E-state index in [-0.39, 0.29) is 10.8 Å². The molecule has 3 nitrogen and oxygen atoms in total. The Labute approximate surface area is 108 Å². The number of fused-ring (bicyclic) bond motifs is 1. The third-order valence-corrected chi connectivity index (χ3v) is 2.69. The van der Waals surface area contributed by atoms with Gasteiger partial charge < -0.3 is 9.52 Å². The molecule has 0 unspecified atom stereocenters. The van der Waals surface area contributed by atoms with Crippen LogP contribution in [0.1, 0.15) is 26.3 Å². The number of benzene rings is 1. The van der Waals surface area contributed by atoms with Crippen LogP contribution in [-0.2, 0) is 6.42 Å². The fourth-order valence-corrected chi connectivity index (χ4v) is 1.92. The van der Waals surface area contributed by atoms with Gasteiger partial charge >= 0.3 is 5.63 Å². The van der Waals surface area contributed by atoms with Crippen LogP contribution < -0.4 is 5.63 Å². The summed E-state index contributed by atoms with van der Waals surface area (Å²) in [7, 11) is 0. The summed E-state index contributed by atoms with van der Waals surface area (Å²) in [4.78, 5) is 11.8. The second-order valence-corrected chi connectivity index (χ2v) is 5.74. The summed E-state index contributed by atoms with van der Waals surface area (Å²) in [5.41, 5.74) is -0.908. The highest BCUT2D eigenvalue weighted by molar-refractivity contribution is 5.79. The van der Waals surface area contributed by atoms with E-state index in [9.17, 15) is 13.6 Å². The largest absolute Gasteiger partial charge is 0.503 e. The molecule has 0 aliphatic carbocycles. The van der Waals surface area contributed by atoms with E-state index >= 15 is 0 Å². The van der Waals surface area contributed by atoms with Crippen LogP contribution >= 0.6 is 0 Å². The van der Waals surface area contributed by atoms with Gasteiger partial charge in [-0.15, -0.1) is 0 Å². The van der Waals surface area contributed by atoms with E-state index < -0.39 is 28.6 Å². The standard InChI is InChI=1S/C14H14F2O3/c1-14(2,3)6-8-4-7-5-9(15)11(17)10(16)12(7)19-13(8)18/h4-5,17H,6H2,1-3H3. The Balaban J connectivity index is 2.70. The summed E-state index contributed by atoms with van der Waals surface area (Å²) >= 11 is 0. The molecule has 1 aromatic carbocycles. The van der Waals surface area contributed by atoms with E-state index in [0.29, 0.717) is 12.0 Å². The molecular formula is C14H14F2O3. The summed E-state index contributed by atoms with van der Waals surface area (Å²) in [6.07, 6.45) is 0.426. The SMILES string of the molecule is CC(C)(C)Cc1cc2cc(F)c(O)c(F)c2oc1=O. The smallest absolute Gasteiger partial charge is 0.339 e. The first-order chi connectivity index (χ1) is 8.69. The van der Waals surface area contributed by atoms with Gasteiger partial charge in [0, 0.05) is 10.9 Å². The van der Waals surface area contributed by atoms with Crippen molar-refractivity contribution in [2.45, 2.75) is 27.2 Å². The zero-order chi connectivity index (χ0) is 14.4. The molecule has 19 heavy (non-hydrogen) atoms. The van der Waals surface area contributed by atoms with E-state index in [2.05, 4.69) is 0 Å². The molecule has 2 aromatic rings. The predicted molar refractivity (Wildman–Crippen MR) is 67.2 cm³/mol. The minimum absolute atomic E-state index is 0.117. The lowest BCUT2D eigenvalue weighted by atomic mass is 9.88. The summed E-state index contributed by atoms with van der Waals surface area (Å²) in [6.45, 7) is 5.82. The lowest BCUT2D eigenvalue weighted by Crippen LogP contribution is -2.16. The summed E-state index contributed by atoms with van der Waals surface area (Å²) < 4.78 is 31.7. The van der Waals surface area contributed by atoms with Gasteiger partial charge in [-0.05, 0) is 24.0 Å². The molecule has 0 radical (unpaired) electrons. The van der Waals surface area contributed by atoms with Gasteiger partial charge in [-0.25, -0.2) is 9.18 Å². The molecular weight excluding hydrogens is 254 g/mol. The molecule has 0 atom stereocenters. The lowest BCUT2D eigenvalue weighted by molar-refractivity contribution is 0.387. The summed E-state index contributed by atoms with van der Waals surface area (Å²) in [5, 5.41) is 9.26. The second-order valence-electron chi connectivity index (χ2n) is 5.74. The highest BCUT2D eigenvalue weighted by Gasteiger charge is 2.19. The molecule has 102 valence electrons. The van der Waals surface area contributed by atoms with Gasteiger partial charge in [-0.3, -0.25) is 0 Å². The third kappa shape index (κ3) is 2.59. The Morgan fingerprint density at radius 2 is 1.89 bits per heavy atom. The normalized spacial score (nSPS) is 12.1. The van der Waals surface area contributed by atoms with Crippen LogP contribution in [0.25, 0.3) is 11.0 Å². The van der Waals surface area contributed by atoms with E-state index in [4.69, 9.17) is 9.52 Å². The zero-order valence-corrected chi connectivity index (χ0v) is 10.9. The van der Waals surface area contributed by atoms with Crippen LogP contribution in [0.5, 0.6) is 5.75 Å². The number of hydrogen-bond donors (Lipinski definition) is 1. The van der Waals surface area contributed by atoms with Gasteiger partial charge in [0.15, 0.2) is 17.1 Å². The van der Waals surface area contributed by atoms with Gasteiger partial charge in [-0.1, -0.05) is 20.8 Å². The van der Waals surface area contributed by atoms with Crippen LogP contribution in [0.4, 0.5) is 8.78 Å². The molecule has 1 N–H and O–H groups in total. The highest BCUT2D eigenvalue weighted by atomic mass is 19.1. The predicted octanol–water partition coefficient (Wildman–Crippen LogP) is 3.37. The number of phenols is 1. The van der Waals surface area contributed by atoms with Crippen molar-refractivity contribution in [2.24, 2.45) is 5.41 Å². The van der Waals surface area contributed by atoms with Crippen LogP contribution in [0, 0.1) is 17.0 Å². The van der Waals surface area contributed by atoms with Crippen LogP contribution in [0.3, 0.4) is 0 Å². The molecule has 1 aromatic heterocycles. The minimum Gasteiger partial charge on any atom is -0.503 e. The van der Waals surface area contributed by atoms with Crippen molar-refractivity contribution in [1.82, 2.24) is 0 Å². The van der Waals surface area contributed by atoms with Crippen molar-refractivity contribution < 1.29 is 18.3 Å².